The first kappa shape index (κ1) is 9.63. The zero-order chi connectivity index (χ0) is 9.35. The van der Waals surface area contributed by atoms with Crippen LogP contribution in [0.1, 0.15) is 40.5 Å². The molecule has 0 aromatic heterocycles. The van der Waals surface area contributed by atoms with E-state index in [9.17, 15) is 0 Å². The van der Waals surface area contributed by atoms with Gasteiger partial charge in [-0.25, -0.2) is 0 Å². The van der Waals surface area contributed by atoms with Crippen LogP contribution in [0, 0.1) is 11.8 Å². The van der Waals surface area contributed by atoms with Crippen molar-refractivity contribution in [2.75, 3.05) is 0 Å². The minimum atomic E-state index is 0.265. The summed E-state index contributed by atoms with van der Waals surface area (Å²) in [5.41, 5.74) is 1.48. The maximum atomic E-state index is 4.00. The maximum Gasteiger partial charge on any atom is 0.0346 e. The van der Waals surface area contributed by atoms with E-state index in [0.29, 0.717) is 0 Å². The molecular weight excluding hydrogens is 146 g/mol. The summed E-state index contributed by atoms with van der Waals surface area (Å²) in [4.78, 5) is 0. The molecule has 0 spiro atoms. The molecule has 0 aromatic rings. The summed E-state index contributed by atoms with van der Waals surface area (Å²) in [6.45, 7) is 13.1. The second-order valence-electron chi connectivity index (χ2n) is 4.98. The Hall–Kier alpha value is -0.460. The van der Waals surface area contributed by atoms with Gasteiger partial charge in [-0.2, -0.15) is 0 Å². The zero-order valence-electron chi connectivity index (χ0n) is 8.78. The molecule has 1 saturated heterocycles. The molecule has 70 valence electrons. The summed E-state index contributed by atoms with van der Waals surface area (Å²) in [5.74, 6) is 1.56. The van der Waals surface area contributed by atoms with E-state index in [1.165, 1.54) is 12.1 Å². The predicted molar refractivity (Wildman–Crippen MR) is 53.9 cm³/mol. The Morgan fingerprint density at radius 2 is 2.17 bits per heavy atom. The van der Waals surface area contributed by atoms with Crippen LogP contribution in [0.4, 0.5) is 0 Å². The van der Waals surface area contributed by atoms with Gasteiger partial charge in [-0.05, 0) is 38.5 Å². The Balaban J connectivity index is 2.59. The minimum absolute atomic E-state index is 0.265. The lowest BCUT2D eigenvalue weighted by Crippen LogP contribution is -2.37. The third-order valence-corrected chi connectivity index (χ3v) is 2.77. The van der Waals surface area contributed by atoms with E-state index in [4.69, 9.17) is 0 Å². The highest BCUT2D eigenvalue weighted by atomic mass is 15.0. The largest absolute Gasteiger partial charge is 0.384 e. The zero-order valence-corrected chi connectivity index (χ0v) is 8.78. The summed E-state index contributed by atoms with van der Waals surface area (Å²) < 4.78 is 0. The molecule has 1 heterocycles. The predicted octanol–water partition coefficient (Wildman–Crippen LogP) is 2.93. The quantitative estimate of drug-likeness (QED) is 0.666. The van der Waals surface area contributed by atoms with Crippen LogP contribution in [0.2, 0.25) is 0 Å². The van der Waals surface area contributed by atoms with Crippen LogP contribution in [0.25, 0.3) is 0 Å². The molecule has 1 nitrogen and oxygen atoms in total. The van der Waals surface area contributed by atoms with E-state index in [1.54, 1.807) is 0 Å². The molecule has 0 amide bonds. The number of hydrogen-bond acceptors (Lipinski definition) is 1. The van der Waals surface area contributed by atoms with Gasteiger partial charge >= 0.3 is 0 Å². The molecule has 1 heteroatoms. The van der Waals surface area contributed by atoms with Crippen LogP contribution >= 0.6 is 0 Å². The van der Waals surface area contributed by atoms with Crippen molar-refractivity contribution in [3.05, 3.63) is 12.3 Å². The van der Waals surface area contributed by atoms with Gasteiger partial charge in [0.05, 0.1) is 0 Å². The SMILES string of the molecule is C=C1CC(CC(C)C)C(C)(C)N1. The Kier molecular flexibility index (Phi) is 2.50. The first-order valence-corrected chi connectivity index (χ1v) is 4.88. The molecule has 0 aliphatic carbocycles. The van der Waals surface area contributed by atoms with E-state index in [1.807, 2.05) is 0 Å². The van der Waals surface area contributed by atoms with Crippen molar-refractivity contribution in [1.82, 2.24) is 5.32 Å². The van der Waals surface area contributed by atoms with Crippen molar-refractivity contribution in [2.45, 2.75) is 46.1 Å². The summed E-state index contributed by atoms with van der Waals surface area (Å²) in [5, 5.41) is 3.45. The van der Waals surface area contributed by atoms with Gasteiger partial charge in [-0.1, -0.05) is 20.4 Å². The third-order valence-electron chi connectivity index (χ3n) is 2.77. The first-order valence-electron chi connectivity index (χ1n) is 4.88. The lowest BCUT2D eigenvalue weighted by atomic mass is 9.83. The molecule has 0 bridgehead atoms. The second kappa shape index (κ2) is 3.12. The fraction of sp³-hybridized carbons (Fsp3) is 0.818. The van der Waals surface area contributed by atoms with Gasteiger partial charge in [-0.15, -0.1) is 0 Å². The monoisotopic (exact) mass is 167 g/mol. The van der Waals surface area contributed by atoms with Crippen molar-refractivity contribution in [3.8, 4) is 0 Å². The van der Waals surface area contributed by atoms with E-state index < -0.39 is 0 Å². The molecule has 1 N–H and O–H groups in total. The lowest BCUT2D eigenvalue weighted by molar-refractivity contribution is 0.287. The van der Waals surface area contributed by atoms with Gasteiger partial charge in [0, 0.05) is 11.2 Å². The van der Waals surface area contributed by atoms with Gasteiger partial charge in [0.2, 0.25) is 0 Å². The average Bonchev–Trinajstić information content (AvgIpc) is 2.04. The molecule has 12 heavy (non-hydrogen) atoms. The molecule has 1 atom stereocenters. The van der Waals surface area contributed by atoms with Gasteiger partial charge in [-0.3, -0.25) is 0 Å². The summed E-state index contributed by atoms with van der Waals surface area (Å²) >= 11 is 0. The number of rotatable bonds is 2. The smallest absolute Gasteiger partial charge is 0.0346 e. The second-order valence-corrected chi connectivity index (χ2v) is 4.98. The van der Waals surface area contributed by atoms with Crippen LogP contribution in [-0.4, -0.2) is 5.54 Å². The summed E-state index contributed by atoms with van der Waals surface area (Å²) in [7, 11) is 0. The van der Waals surface area contributed by atoms with E-state index in [-0.39, 0.29) is 5.54 Å². The van der Waals surface area contributed by atoms with Crippen molar-refractivity contribution in [2.24, 2.45) is 11.8 Å². The van der Waals surface area contributed by atoms with Gasteiger partial charge in [0.1, 0.15) is 0 Å². The molecule has 1 fully saturated rings. The molecule has 0 saturated carbocycles. The Labute approximate surface area is 76.2 Å². The van der Waals surface area contributed by atoms with Crippen molar-refractivity contribution >= 4 is 0 Å². The topological polar surface area (TPSA) is 12.0 Å². The van der Waals surface area contributed by atoms with E-state index in [0.717, 1.165) is 18.3 Å². The summed E-state index contributed by atoms with van der Waals surface area (Å²) in [6, 6.07) is 0. The Morgan fingerprint density at radius 3 is 2.50 bits per heavy atom. The average molecular weight is 167 g/mol. The highest BCUT2D eigenvalue weighted by Gasteiger charge is 2.35. The van der Waals surface area contributed by atoms with E-state index in [2.05, 4.69) is 39.6 Å². The van der Waals surface area contributed by atoms with Crippen LogP contribution in [0.5, 0.6) is 0 Å². The van der Waals surface area contributed by atoms with Crippen molar-refractivity contribution in [1.29, 1.82) is 0 Å². The standard InChI is InChI=1S/C11H21N/c1-8(2)6-10-7-9(3)12-11(10,4)5/h8,10,12H,3,6-7H2,1-2,4-5H3. The Morgan fingerprint density at radius 1 is 1.58 bits per heavy atom. The maximum absolute atomic E-state index is 4.00. The molecule has 1 aliphatic rings. The highest BCUT2D eigenvalue weighted by molar-refractivity contribution is 5.10. The van der Waals surface area contributed by atoms with Gasteiger partial charge in [0.15, 0.2) is 0 Å². The molecular formula is C11H21N. The fourth-order valence-electron chi connectivity index (χ4n) is 2.11. The van der Waals surface area contributed by atoms with Crippen LogP contribution in [0.15, 0.2) is 12.3 Å². The van der Waals surface area contributed by atoms with Crippen LogP contribution in [-0.2, 0) is 0 Å². The molecule has 1 unspecified atom stereocenters. The molecule has 0 radical (unpaired) electrons. The third kappa shape index (κ3) is 2.02. The first-order chi connectivity index (χ1) is 5.42. The van der Waals surface area contributed by atoms with Crippen LogP contribution in [0.3, 0.4) is 0 Å². The van der Waals surface area contributed by atoms with Crippen molar-refractivity contribution in [3.63, 3.8) is 0 Å². The summed E-state index contributed by atoms with van der Waals surface area (Å²) in [6.07, 6.45) is 2.46. The molecule has 1 rings (SSSR count). The molecule has 1 aliphatic heterocycles. The van der Waals surface area contributed by atoms with Crippen molar-refractivity contribution < 1.29 is 0 Å². The van der Waals surface area contributed by atoms with E-state index >= 15 is 0 Å². The van der Waals surface area contributed by atoms with Gasteiger partial charge in [0.25, 0.3) is 0 Å². The number of hydrogen-bond donors (Lipinski definition) is 1. The fourth-order valence-corrected chi connectivity index (χ4v) is 2.11. The normalized spacial score (nSPS) is 27.8. The van der Waals surface area contributed by atoms with Gasteiger partial charge < -0.3 is 5.32 Å². The van der Waals surface area contributed by atoms with Crippen LogP contribution < -0.4 is 5.32 Å². The lowest BCUT2D eigenvalue weighted by Gasteiger charge is -2.28. The highest BCUT2D eigenvalue weighted by Crippen LogP contribution is 2.35. The number of nitrogens with one attached hydrogen (secondary N) is 1. The minimum Gasteiger partial charge on any atom is -0.384 e. The number of allylic oxidation sites excluding steroid dienone is 1. The Bertz CT molecular complexity index is 179. The molecule has 0 aromatic carbocycles.